The summed E-state index contributed by atoms with van der Waals surface area (Å²) in [7, 11) is 1.56. The molecule has 7 heteroatoms. The lowest BCUT2D eigenvalue weighted by Gasteiger charge is -2.07. The molecule has 0 saturated heterocycles. The fourth-order valence-electron chi connectivity index (χ4n) is 1.71. The Morgan fingerprint density at radius 1 is 1.29 bits per heavy atom. The number of nitrogens with one attached hydrogen (secondary N) is 1. The molecule has 2 aromatic rings. The maximum Gasteiger partial charge on any atom is 0.271 e. The number of halogens is 1. The Kier molecular flexibility index (Phi) is 4.73. The Morgan fingerprint density at radius 2 is 2.05 bits per heavy atom. The molecule has 2 rings (SSSR count). The first-order valence-electron chi connectivity index (χ1n) is 5.90. The van der Waals surface area contributed by atoms with Crippen molar-refractivity contribution in [2.24, 2.45) is 0 Å². The molecular weight excluding hydrogens is 387 g/mol. The number of nitro groups is 1. The van der Waals surface area contributed by atoms with Crippen LogP contribution in [0.1, 0.15) is 10.4 Å². The van der Waals surface area contributed by atoms with E-state index in [9.17, 15) is 14.9 Å². The smallest absolute Gasteiger partial charge is 0.271 e. The molecule has 0 saturated carbocycles. The van der Waals surface area contributed by atoms with Gasteiger partial charge in [0.05, 0.1) is 15.6 Å². The Bertz CT molecular complexity index is 703. The van der Waals surface area contributed by atoms with Crippen LogP contribution in [-0.2, 0) is 0 Å². The number of methoxy groups -OCH3 is 1. The molecule has 0 aliphatic heterocycles. The SMILES string of the molecule is COc1ccc(C(=O)Nc2cccc([N+](=O)[O-])c2)cc1I. The first-order valence-corrected chi connectivity index (χ1v) is 6.98. The molecule has 0 heterocycles. The molecule has 1 amide bonds. The highest BCUT2D eigenvalue weighted by atomic mass is 127. The number of carbonyl (C=O) groups excluding carboxylic acids is 1. The average molecular weight is 398 g/mol. The fourth-order valence-corrected chi connectivity index (χ4v) is 2.44. The molecule has 0 fully saturated rings. The zero-order valence-electron chi connectivity index (χ0n) is 11.0. The van der Waals surface area contributed by atoms with Gasteiger partial charge in [-0.2, -0.15) is 0 Å². The number of ether oxygens (including phenoxy) is 1. The van der Waals surface area contributed by atoms with Gasteiger partial charge in [-0.05, 0) is 46.9 Å². The number of amides is 1. The van der Waals surface area contributed by atoms with Crippen LogP contribution in [0.3, 0.4) is 0 Å². The summed E-state index contributed by atoms with van der Waals surface area (Å²) in [6.45, 7) is 0. The van der Waals surface area contributed by atoms with Crippen molar-refractivity contribution in [3.05, 3.63) is 61.7 Å². The van der Waals surface area contributed by atoms with Crippen LogP contribution < -0.4 is 10.1 Å². The second-order valence-electron chi connectivity index (χ2n) is 4.11. The number of hydrogen-bond acceptors (Lipinski definition) is 4. The summed E-state index contributed by atoms with van der Waals surface area (Å²) in [5.41, 5.74) is 0.754. The monoisotopic (exact) mass is 398 g/mol. The highest BCUT2D eigenvalue weighted by Crippen LogP contribution is 2.23. The maximum absolute atomic E-state index is 12.1. The third kappa shape index (κ3) is 3.69. The van der Waals surface area contributed by atoms with Crippen molar-refractivity contribution in [2.45, 2.75) is 0 Å². The molecule has 2 aromatic carbocycles. The first-order chi connectivity index (χ1) is 10.0. The third-order valence-electron chi connectivity index (χ3n) is 2.73. The van der Waals surface area contributed by atoms with E-state index in [1.54, 1.807) is 31.4 Å². The molecule has 0 bridgehead atoms. The van der Waals surface area contributed by atoms with Crippen molar-refractivity contribution in [3.63, 3.8) is 0 Å². The molecular formula is C14H11IN2O4. The maximum atomic E-state index is 12.1. The minimum absolute atomic E-state index is 0.0721. The Balaban J connectivity index is 2.20. The van der Waals surface area contributed by atoms with E-state index in [0.717, 1.165) is 3.57 Å². The Morgan fingerprint density at radius 3 is 2.67 bits per heavy atom. The van der Waals surface area contributed by atoms with Gasteiger partial charge in [-0.15, -0.1) is 0 Å². The van der Waals surface area contributed by atoms with E-state index in [4.69, 9.17) is 4.74 Å². The van der Waals surface area contributed by atoms with Crippen LogP contribution in [0.2, 0.25) is 0 Å². The normalized spacial score (nSPS) is 10.0. The van der Waals surface area contributed by atoms with Crippen molar-refractivity contribution >= 4 is 39.9 Å². The fraction of sp³-hybridized carbons (Fsp3) is 0.0714. The second-order valence-corrected chi connectivity index (χ2v) is 5.27. The second kappa shape index (κ2) is 6.53. The molecule has 0 atom stereocenters. The number of non-ortho nitro benzene ring substituents is 1. The summed E-state index contributed by atoms with van der Waals surface area (Å²) in [5.74, 6) is 0.346. The third-order valence-corrected chi connectivity index (χ3v) is 3.57. The van der Waals surface area contributed by atoms with Crippen molar-refractivity contribution in [1.29, 1.82) is 0 Å². The molecule has 21 heavy (non-hydrogen) atoms. The lowest BCUT2D eigenvalue weighted by molar-refractivity contribution is -0.384. The van der Waals surface area contributed by atoms with Gasteiger partial charge in [0.1, 0.15) is 5.75 Å². The Hall–Kier alpha value is -2.16. The summed E-state index contributed by atoms with van der Waals surface area (Å²) in [6, 6.07) is 10.8. The first kappa shape index (κ1) is 15.2. The number of nitro benzene ring substituents is 1. The van der Waals surface area contributed by atoms with Crippen LogP contribution in [0.5, 0.6) is 5.75 Å². The van der Waals surface area contributed by atoms with Gasteiger partial charge in [-0.3, -0.25) is 14.9 Å². The van der Waals surface area contributed by atoms with E-state index in [2.05, 4.69) is 27.9 Å². The van der Waals surface area contributed by atoms with E-state index in [1.165, 1.54) is 18.2 Å². The molecule has 0 aromatic heterocycles. The van der Waals surface area contributed by atoms with Crippen LogP contribution in [0.4, 0.5) is 11.4 Å². The summed E-state index contributed by atoms with van der Waals surface area (Å²) < 4.78 is 5.93. The molecule has 0 radical (unpaired) electrons. The highest BCUT2D eigenvalue weighted by molar-refractivity contribution is 14.1. The van der Waals surface area contributed by atoms with Gasteiger partial charge in [-0.25, -0.2) is 0 Å². The minimum atomic E-state index is -0.508. The van der Waals surface area contributed by atoms with Gasteiger partial charge >= 0.3 is 0 Å². The lowest BCUT2D eigenvalue weighted by Crippen LogP contribution is -2.12. The van der Waals surface area contributed by atoms with Crippen LogP contribution in [0.15, 0.2) is 42.5 Å². The quantitative estimate of drug-likeness (QED) is 0.486. The van der Waals surface area contributed by atoms with Gasteiger partial charge < -0.3 is 10.1 Å². The van der Waals surface area contributed by atoms with Gasteiger partial charge in [0, 0.05) is 23.4 Å². The van der Waals surface area contributed by atoms with E-state index >= 15 is 0 Å². The zero-order valence-corrected chi connectivity index (χ0v) is 13.2. The largest absolute Gasteiger partial charge is 0.496 e. The average Bonchev–Trinajstić information content (AvgIpc) is 2.47. The van der Waals surface area contributed by atoms with E-state index in [0.29, 0.717) is 17.0 Å². The summed E-state index contributed by atoms with van der Waals surface area (Å²) >= 11 is 2.07. The summed E-state index contributed by atoms with van der Waals surface area (Å²) in [6.07, 6.45) is 0. The summed E-state index contributed by atoms with van der Waals surface area (Å²) in [5, 5.41) is 13.3. The number of carbonyl (C=O) groups is 1. The minimum Gasteiger partial charge on any atom is -0.496 e. The molecule has 0 aliphatic rings. The van der Waals surface area contributed by atoms with E-state index < -0.39 is 4.92 Å². The lowest BCUT2D eigenvalue weighted by atomic mass is 10.2. The predicted octanol–water partition coefficient (Wildman–Crippen LogP) is 3.46. The van der Waals surface area contributed by atoms with Gasteiger partial charge in [0.25, 0.3) is 11.6 Å². The van der Waals surface area contributed by atoms with Crippen LogP contribution >= 0.6 is 22.6 Å². The number of hydrogen-bond donors (Lipinski definition) is 1. The van der Waals surface area contributed by atoms with Crippen molar-refractivity contribution in [1.82, 2.24) is 0 Å². The molecule has 1 N–H and O–H groups in total. The zero-order chi connectivity index (χ0) is 15.4. The summed E-state index contributed by atoms with van der Waals surface area (Å²) in [4.78, 5) is 22.3. The van der Waals surface area contributed by atoms with E-state index in [1.807, 2.05) is 0 Å². The van der Waals surface area contributed by atoms with Crippen LogP contribution in [0, 0.1) is 13.7 Å². The van der Waals surface area contributed by atoms with Crippen molar-refractivity contribution < 1.29 is 14.5 Å². The van der Waals surface area contributed by atoms with Crippen molar-refractivity contribution in [2.75, 3.05) is 12.4 Å². The van der Waals surface area contributed by atoms with Gasteiger partial charge in [-0.1, -0.05) is 6.07 Å². The molecule has 0 unspecified atom stereocenters. The van der Waals surface area contributed by atoms with Crippen LogP contribution in [0.25, 0.3) is 0 Å². The topological polar surface area (TPSA) is 81.5 Å². The molecule has 108 valence electrons. The van der Waals surface area contributed by atoms with Crippen LogP contribution in [-0.4, -0.2) is 17.9 Å². The predicted molar refractivity (Wildman–Crippen MR) is 86.8 cm³/mol. The molecule has 0 spiro atoms. The van der Waals surface area contributed by atoms with Gasteiger partial charge in [0.2, 0.25) is 0 Å². The number of rotatable bonds is 4. The molecule has 6 nitrogen and oxygen atoms in total. The number of benzene rings is 2. The number of anilines is 1. The van der Waals surface area contributed by atoms with Crippen molar-refractivity contribution in [3.8, 4) is 5.75 Å². The standard InChI is InChI=1S/C14H11IN2O4/c1-21-13-6-5-9(7-12(13)15)14(18)16-10-3-2-4-11(8-10)17(19)20/h2-8H,1H3,(H,16,18). The van der Waals surface area contributed by atoms with Gasteiger partial charge in [0.15, 0.2) is 0 Å². The highest BCUT2D eigenvalue weighted by Gasteiger charge is 2.11. The van der Waals surface area contributed by atoms with E-state index in [-0.39, 0.29) is 11.6 Å². The Labute approximate surface area is 134 Å². The molecule has 0 aliphatic carbocycles. The number of nitrogens with zero attached hydrogens (tertiary/aromatic N) is 1.